The molecule has 0 fully saturated rings. The van der Waals surface area contributed by atoms with E-state index >= 15 is 0 Å². The van der Waals surface area contributed by atoms with Crippen LogP contribution in [-0.2, 0) is 0 Å². The number of methoxy groups -OCH3 is 1. The molecule has 4 nitrogen and oxygen atoms in total. The van der Waals surface area contributed by atoms with Gasteiger partial charge < -0.3 is 9.47 Å². The van der Waals surface area contributed by atoms with Gasteiger partial charge in [-0.15, -0.1) is 11.3 Å². The standard InChI is InChI=1S/C21H20N2O2S/c1-14(2)13-25-19-11-15(8-9-18(19)24-3)10-16(12-22)21-23-17-6-4-5-7-20(17)26-21/h4-11,14H,13H2,1-3H3/b16-10+. The molecule has 0 spiro atoms. The molecule has 1 heterocycles. The molecule has 26 heavy (non-hydrogen) atoms. The van der Waals surface area contributed by atoms with E-state index in [1.807, 2.05) is 48.5 Å². The number of nitriles is 1. The third kappa shape index (κ3) is 4.04. The first kappa shape index (κ1) is 18.0. The number of benzene rings is 2. The zero-order chi connectivity index (χ0) is 18.5. The molecule has 0 aliphatic rings. The van der Waals surface area contributed by atoms with Gasteiger partial charge in [0.25, 0.3) is 0 Å². The van der Waals surface area contributed by atoms with E-state index in [1.54, 1.807) is 7.11 Å². The molecular formula is C21H20N2O2S. The Hall–Kier alpha value is -2.84. The van der Waals surface area contributed by atoms with Gasteiger partial charge in [0.1, 0.15) is 11.1 Å². The summed E-state index contributed by atoms with van der Waals surface area (Å²) in [6, 6.07) is 15.8. The molecule has 0 atom stereocenters. The highest BCUT2D eigenvalue weighted by Crippen LogP contribution is 2.32. The predicted molar refractivity (Wildman–Crippen MR) is 106 cm³/mol. The molecule has 2 aromatic carbocycles. The second-order valence-corrected chi connectivity index (χ2v) is 7.30. The fraction of sp³-hybridized carbons (Fsp3) is 0.238. The summed E-state index contributed by atoms with van der Waals surface area (Å²) in [7, 11) is 1.62. The lowest BCUT2D eigenvalue weighted by molar-refractivity contribution is 0.257. The first-order valence-electron chi connectivity index (χ1n) is 8.39. The van der Waals surface area contributed by atoms with Crippen molar-refractivity contribution in [3.63, 3.8) is 0 Å². The van der Waals surface area contributed by atoms with E-state index in [-0.39, 0.29) is 0 Å². The summed E-state index contributed by atoms with van der Waals surface area (Å²) in [6.07, 6.45) is 1.83. The minimum atomic E-state index is 0.413. The normalized spacial score (nSPS) is 11.6. The summed E-state index contributed by atoms with van der Waals surface area (Å²) < 4.78 is 12.3. The molecule has 0 N–H and O–H groups in total. The van der Waals surface area contributed by atoms with Gasteiger partial charge in [-0.1, -0.05) is 32.0 Å². The number of fused-ring (bicyclic) bond motifs is 1. The maximum absolute atomic E-state index is 9.60. The van der Waals surface area contributed by atoms with E-state index in [4.69, 9.17) is 9.47 Å². The van der Waals surface area contributed by atoms with Crippen molar-refractivity contribution in [3.8, 4) is 17.6 Å². The summed E-state index contributed by atoms with van der Waals surface area (Å²) >= 11 is 1.52. The average Bonchev–Trinajstić information content (AvgIpc) is 3.08. The van der Waals surface area contributed by atoms with Crippen molar-refractivity contribution in [2.24, 2.45) is 5.92 Å². The van der Waals surface area contributed by atoms with E-state index in [0.717, 1.165) is 15.8 Å². The van der Waals surface area contributed by atoms with Gasteiger partial charge in [-0.3, -0.25) is 0 Å². The smallest absolute Gasteiger partial charge is 0.161 e. The Morgan fingerprint density at radius 2 is 2.04 bits per heavy atom. The molecule has 0 radical (unpaired) electrons. The monoisotopic (exact) mass is 364 g/mol. The van der Waals surface area contributed by atoms with E-state index in [1.165, 1.54) is 11.3 Å². The minimum absolute atomic E-state index is 0.413. The Morgan fingerprint density at radius 3 is 2.73 bits per heavy atom. The van der Waals surface area contributed by atoms with Gasteiger partial charge in [0, 0.05) is 0 Å². The Balaban J connectivity index is 1.95. The summed E-state index contributed by atoms with van der Waals surface area (Å²) in [6.45, 7) is 4.79. The Labute approximate surface area is 157 Å². The van der Waals surface area contributed by atoms with Gasteiger partial charge >= 0.3 is 0 Å². The number of allylic oxidation sites excluding steroid dienone is 1. The first-order chi connectivity index (χ1) is 12.6. The molecule has 1 aromatic heterocycles. The zero-order valence-electron chi connectivity index (χ0n) is 15.0. The summed E-state index contributed by atoms with van der Waals surface area (Å²) in [5.74, 6) is 1.77. The lowest BCUT2D eigenvalue weighted by Crippen LogP contribution is -2.05. The summed E-state index contributed by atoms with van der Waals surface area (Å²) in [4.78, 5) is 4.57. The lowest BCUT2D eigenvalue weighted by atomic mass is 10.1. The molecule has 0 bridgehead atoms. The van der Waals surface area contributed by atoms with E-state index < -0.39 is 0 Å². The molecule has 0 saturated carbocycles. The summed E-state index contributed by atoms with van der Waals surface area (Å²) in [5, 5.41) is 10.3. The van der Waals surface area contributed by atoms with Crippen molar-refractivity contribution in [2.75, 3.05) is 13.7 Å². The van der Waals surface area contributed by atoms with Crippen molar-refractivity contribution in [3.05, 3.63) is 53.0 Å². The highest BCUT2D eigenvalue weighted by Gasteiger charge is 2.10. The van der Waals surface area contributed by atoms with Crippen LogP contribution in [0.15, 0.2) is 42.5 Å². The number of thiazole rings is 1. The molecule has 3 rings (SSSR count). The van der Waals surface area contributed by atoms with Gasteiger partial charge in [-0.25, -0.2) is 4.98 Å². The number of hydrogen-bond acceptors (Lipinski definition) is 5. The minimum Gasteiger partial charge on any atom is -0.493 e. The second kappa shape index (κ2) is 8.03. The van der Waals surface area contributed by atoms with Crippen LogP contribution in [0.2, 0.25) is 0 Å². The Bertz CT molecular complexity index is 950. The van der Waals surface area contributed by atoms with Crippen molar-refractivity contribution < 1.29 is 9.47 Å². The molecule has 3 aromatic rings. The van der Waals surface area contributed by atoms with Crippen molar-refractivity contribution in [1.82, 2.24) is 4.98 Å². The molecule has 0 saturated heterocycles. The second-order valence-electron chi connectivity index (χ2n) is 6.27. The molecular weight excluding hydrogens is 344 g/mol. The van der Waals surface area contributed by atoms with Gasteiger partial charge in [-0.2, -0.15) is 5.26 Å². The van der Waals surface area contributed by atoms with Crippen LogP contribution in [0.4, 0.5) is 0 Å². The maximum atomic E-state index is 9.60. The van der Waals surface area contributed by atoms with Crippen molar-refractivity contribution in [1.29, 1.82) is 5.26 Å². The summed E-state index contributed by atoms with van der Waals surface area (Å²) in [5.41, 5.74) is 2.32. The van der Waals surface area contributed by atoms with Crippen molar-refractivity contribution in [2.45, 2.75) is 13.8 Å². The highest BCUT2D eigenvalue weighted by molar-refractivity contribution is 7.19. The van der Waals surface area contributed by atoms with Crippen LogP contribution in [0.25, 0.3) is 21.9 Å². The number of para-hydroxylation sites is 1. The molecule has 5 heteroatoms. The largest absolute Gasteiger partial charge is 0.493 e. The average molecular weight is 364 g/mol. The Morgan fingerprint density at radius 1 is 1.23 bits per heavy atom. The third-order valence-electron chi connectivity index (χ3n) is 3.72. The van der Waals surface area contributed by atoms with Gasteiger partial charge in [-0.05, 0) is 41.8 Å². The van der Waals surface area contributed by atoms with E-state index in [0.29, 0.717) is 34.6 Å². The quantitative estimate of drug-likeness (QED) is 0.549. The van der Waals surface area contributed by atoms with Gasteiger partial charge in [0.2, 0.25) is 0 Å². The zero-order valence-corrected chi connectivity index (χ0v) is 15.8. The highest BCUT2D eigenvalue weighted by atomic mass is 32.1. The topological polar surface area (TPSA) is 55.1 Å². The van der Waals surface area contributed by atoms with E-state index in [2.05, 4.69) is 24.9 Å². The van der Waals surface area contributed by atoms with Crippen LogP contribution in [0.3, 0.4) is 0 Å². The first-order valence-corrected chi connectivity index (χ1v) is 9.21. The van der Waals surface area contributed by atoms with Crippen LogP contribution in [0.1, 0.15) is 24.4 Å². The van der Waals surface area contributed by atoms with Crippen LogP contribution in [-0.4, -0.2) is 18.7 Å². The molecule has 132 valence electrons. The maximum Gasteiger partial charge on any atom is 0.161 e. The van der Waals surface area contributed by atoms with Crippen LogP contribution in [0, 0.1) is 17.2 Å². The third-order valence-corrected chi connectivity index (χ3v) is 4.79. The van der Waals surface area contributed by atoms with Crippen LogP contribution < -0.4 is 9.47 Å². The van der Waals surface area contributed by atoms with E-state index in [9.17, 15) is 5.26 Å². The number of ether oxygens (including phenoxy) is 2. The van der Waals surface area contributed by atoms with Crippen LogP contribution in [0.5, 0.6) is 11.5 Å². The predicted octanol–water partition coefficient (Wildman–Crippen LogP) is 5.40. The van der Waals surface area contributed by atoms with Gasteiger partial charge in [0.15, 0.2) is 11.5 Å². The fourth-order valence-corrected chi connectivity index (χ4v) is 3.38. The lowest BCUT2D eigenvalue weighted by Gasteiger charge is -2.13. The molecule has 0 amide bonds. The SMILES string of the molecule is COc1ccc(/C=C(\C#N)c2nc3ccccc3s2)cc1OCC(C)C. The van der Waals surface area contributed by atoms with Crippen molar-refractivity contribution >= 4 is 33.2 Å². The number of aromatic nitrogens is 1. The Kier molecular flexibility index (Phi) is 5.55. The van der Waals surface area contributed by atoms with Crippen LogP contribution >= 0.6 is 11.3 Å². The number of nitrogens with zero attached hydrogens (tertiary/aromatic N) is 2. The molecule has 0 aliphatic carbocycles. The number of hydrogen-bond donors (Lipinski definition) is 0. The molecule has 0 unspecified atom stereocenters. The number of rotatable bonds is 6. The molecule has 0 aliphatic heterocycles. The fourth-order valence-electron chi connectivity index (χ4n) is 2.45. The van der Waals surface area contributed by atoms with Gasteiger partial charge in [0.05, 0.1) is 29.5 Å².